The van der Waals surface area contributed by atoms with Gasteiger partial charge < -0.3 is 14.8 Å². The Bertz CT molecular complexity index is 637. The van der Waals surface area contributed by atoms with Gasteiger partial charge in [0.25, 0.3) is 5.91 Å². The van der Waals surface area contributed by atoms with Gasteiger partial charge in [-0.05, 0) is 12.0 Å². The second kappa shape index (κ2) is 7.40. The van der Waals surface area contributed by atoms with Crippen molar-refractivity contribution in [3.63, 3.8) is 0 Å². The van der Waals surface area contributed by atoms with Crippen molar-refractivity contribution >= 4 is 11.9 Å². The first-order valence-corrected chi connectivity index (χ1v) is 7.11. The Morgan fingerprint density at radius 3 is 2.68 bits per heavy atom. The van der Waals surface area contributed by atoms with Crippen LogP contribution < -0.4 is 5.32 Å². The molecule has 116 valence electrons. The minimum absolute atomic E-state index is 0.0285. The van der Waals surface area contributed by atoms with E-state index in [0.29, 0.717) is 18.6 Å². The molecule has 1 atom stereocenters. The van der Waals surface area contributed by atoms with Gasteiger partial charge in [0.2, 0.25) is 0 Å². The molecule has 0 aliphatic rings. The molecule has 1 amide bonds. The Labute approximate surface area is 128 Å². The summed E-state index contributed by atoms with van der Waals surface area (Å²) < 4.78 is 5.15. The lowest BCUT2D eigenvalue weighted by molar-refractivity contribution is -0.137. The van der Waals surface area contributed by atoms with E-state index in [2.05, 4.69) is 10.3 Å². The molecule has 1 aromatic carbocycles. The van der Waals surface area contributed by atoms with Crippen LogP contribution in [0.3, 0.4) is 0 Å². The van der Waals surface area contributed by atoms with Gasteiger partial charge in [0, 0.05) is 12.8 Å². The molecule has 6 heteroatoms. The third-order valence-electron chi connectivity index (χ3n) is 3.33. The van der Waals surface area contributed by atoms with Gasteiger partial charge in [0.05, 0.1) is 6.04 Å². The number of aromatic nitrogens is 1. The first-order valence-electron chi connectivity index (χ1n) is 7.11. The van der Waals surface area contributed by atoms with Crippen LogP contribution in [0.1, 0.15) is 47.6 Å². The fourth-order valence-corrected chi connectivity index (χ4v) is 2.21. The largest absolute Gasteiger partial charge is 0.481 e. The maximum Gasteiger partial charge on any atom is 0.303 e. The first kappa shape index (κ1) is 15.8. The number of aryl methyl sites for hydroxylation is 1. The average molecular weight is 302 g/mol. The third kappa shape index (κ3) is 3.94. The third-order valence-corrected chi connectivity index (χ3v) is 3.33. The van der Waals surface area contributed by atoms with Crippen LogP contribution in [0, 0.1) is 0 Å². The summed E-state index contributed by atoms with van der Waals surface area (Å²) in [6.45, 7) is 1.87. The van der Waals surface area contributed by atoms with E-state index in [4.69, 9.17) is 9.52 Å². The number of carbonyl (C=O) groups excluding carboxylic acids is 1. The van der Waals surface area contributed by atoms with Crippen molar-refractivity contribution in [1.82, 2.24) is 10.3 Å². The molecule has 1 aromatic heterocycles. The van der Waals surface area contributed by atoms with Crippen molar-refractivity contribution in [1.29, 1.82) is 0 Å². The summed E-state index contributed by atoms with van der Waals surface area (Å²) in [5.74, 6) is -0.738. The van der Waals surface area contributed by atoms with Gasteiger partial charge in [-0.15, -0.1) is 0 Å². The van der Waals surface area contributed by atoms with Gasteiger partial charge in [0.15, 0.2) is 12.1 Å². The van der Waals surface area contributed by atoms with Crippen LogP contribution in [0.4, 0.5) is 0 Å². The van der Waals surface area contributed by atoms with Crippen LogP contribution in [0.5, 0.6) is 0 Å². The van der Waals surface area contributed by atoms with Gasteiger partial charge in [-0.25, -0.2) is 4.98 Å². The highest BCUT2D eigenvalue weighted by Gasteiger charge is 2.21. The van der Waals surface area contributed by atoms with Gasteiger partial charge in [-0.2, -0.15) is 0 Å². The lowest BCUT2D eigenvalue weighted by atomic mass is 10.0. The molecular weight excluding hydrogens is 284 g/mol. The van der Waals surface area contributed by atoms with Crippen LogP contribution in [0.15, 0.2) is 41.1 Å². The second-order valence-electron chi connectivity index (χ2n) is 4.85. The molecule has 2 N–H and O–H groups in total. The van der Waals surface area contributed by atoms with E-state index in [1.807, 2.05) is 37.3 Å². The molecule has 0 radical (unpaired) electrons. The summed E-state index contributed by atoms with van der Waals surface area (Å²) in [5, 5.41) is 11.7. The molecule has 0 fully saturated rings. The average Bonchev–Trinajstić information content (AvgIpc) is 3.00. The normalized spacial score (nSPS) is 11.9. The molecule has 22 heavy (non-hydrogen) atoms. The molecule has 1 unspecified atom stereocenters. The first-order chi connectivity index (χ1) is 10.6. The number of hydrogen-bond acceptors (Lipinski definition) is 4. The highest BCUT2D eigenvalue weighted by atomic mass is 16.4. The van der Waals surface area contributed by atoms with E-state index < -0.39 is 5.97 Å². The van der Waals surface area contributed by atoms with Crippen LogP contribution in [-0.2, 0) is 11.2 Å². The zero-order valence-electron chi connectivity index (χ0n) is 12.3. The van der Waals surface area contributed by atoms with Crippen molar-refractivity contribution in [2.45, 2.75) is 32.2 Å². The van der Waals surface area contributed by atoms with E-state index in [1.54, 1.807) is 0 Å². The summed E-state index contributed by atoms with van der Waals surface area (Å²) in [4.78, 5) is 27.1. The van der Waals surface area contributed by atoms with Crippen molar-refractivity contribution in [3.8, 4) is 0 Å². The molecule has 0 saturated heterocycles. The van der Waals surface area contributed by atoms with Crippen LogP contribution in [-0.4, -0.2) is 22.0 Å². The highest BCUT2D eigenvalue weighted by molar-refractivity contribution is 5.93. The molecule has 2 aromatic rings. The highest BCUT2D eigenvalue weighted by Crippen LogP contribution is 2.19. The predicted molar refractivity (Wildman–Crippen MR) is 79.4 cm³/mol. The molecular formula is C16H18N2O4. The quantitative estimate of drug-likeness (QED) is 0.820. The number of nitrogens with one attached hydrogen (secondary N) is 1. The van der Waals surface area contributed by atoms with E-state index in [0.717, 1.165) is 5.56 Å². The van der Waals surface area contributed by atoms with E-state index in [9.17, 15) is 9.59 Å². The molecule has 1 heterocycles. The number of amides is 1. The fourth-order valence-electron chi connectivity index (χ4n) is 2.21. The Kier molecular flexibility index (Phi) is 5.30. The monoisotopic (exact) mass is 302 g/mol. The number of carboxylic acid groups (broad SMARTS) is 1. The summed E-state index contributed by atoms with van der Waals surface area (Å²) in [7, 11) is 0. The Morgan fingerprint density at radius 1 is 1.32 bits per heavy atom. The summed E-state index contributed by atoms with van der Waals surface area (Å²) >= 11 is 0. The summed E-state index contributed by atoms with van der Waals surface area (Å²) in [6.07, 6.45) is 2.08. The van der Waals surface area contributed by atoms with Gasteiger partial charge in [-0.1, -0.05) is 37.3 Å². The molecule has 0 saturated carbocycles. The molecule has 0 spiro atoms. The van der Waals surface area contributed by atoms with E-state index in [-0.39, 0.29) is 24.1 Å². The SMILES string of the molecule is CCc1ocnc1C(=O)NC(CCC(=O)O)c1ccccc1. The predicted octanol–water partition coefficient (Wildman–Crippen LogP) is 2.57. The standard InChI is InChI=1S/C16H18N2O4/c1-2-13-15(17-10-22-13)16(21)18-12(8-9-14(19)20)11-6-4-3-5-7-11/h3-7,10,12H,2,8-9H2,1H3,(H,18,21)(H,19,20). The second-order valence-corrected chi connectivity index (χ2v) is 4.85. The van der Waals surface area contributed by atoms with E-state index in [1.165, 1.54) is 6.39 Å². The van der Waals surface area contributed by atoms with Gasteiger partial charge >= 0.3 is 5.97 Å². The number of rotatable bonds is 7. The van der Waals surface area contributed by atoms with Crippen molar-refractivity contribution in [2.75, 3.05) is 0 Å². The maximum atomic E-state index is 12.3. The van der Waals surface area contributed by atoms with E-state index >= 15 is 0 Å². The fraction of sp³-hybridized carbons (Fsp3) is 0.312. The summed E-state index contributed by atoms with van der Waals surface area (Å²) in [6, 6.07) is 8.90. The number of carbonyl (C=O) groups is 2. The lowest BCUT2D eigenvalue weighted by Crippen LogP contribution is -2.30. The maximum absolute atomic E-state index is 12.3. The number of carboxylic acids is 1. The number of nitrogens with zero attached hydrogens (tertiary/aromatic N) is 1. The molecule has 0 aliphatic carbocycles. The molecule has 6 nitrogen and oxygen atoms in total. The van der Waals surface area contributed by atoms with Gasteiger partial charge in [0.1, 0.15) is 5.76 Å². The van der Waals surface area contributed by atoms with Crippen LogP contribution in [0.25, 0.3) is 0 Å². The number of aliphatic carboxylic acids is 1. The van der Waals surface area contributed by atoms with Crippen molar-refractivity contribution < 1.29 is 19.1 Å². The van der Waals surface area contributed by atoms with Crippen molar-refractivity contribution in [3.05, 3.63) is 53.7 Å². The van der Waals surface area contributed by atoms with Crippen molar-refractivity contribution in [2.24, 2.45) is 0 Å². The summed E-state index contributed by atoms with van der Waals surface area (Å²) in [5.41, 5.74) is 1.11. The van der Waals surface area contributed by atoms with Crippen LogP contribution in [0.2, 0.25) is 0 Å². The zero-order valence-corrected chi connectivity index (χ0v) is 12.3. The Hall–Kier alpha value is -2.63. The Balaban J connectivity index is 2.15. The van der Waals surface area contributed by atoms with Gasteiger partial charge in [-0.3, -0.25) is 9.59 Å². The lowest BCUT2D eigenvalue weighted by Gasteiger charge is -2.18. The minimum atomic E-state index is -0.897. The smallest absolute Gasteiger partial charge is 0.303 e. The molecule has 0 aliphatic heterocycles. The number of benzene rings is 1. The molecule has 0 bridgehead atoms. The molecule has 2 rings (SSSR count). The number of oxazole rings is 1. The minimum Gasteiger partial charge on any atom is -0.481 e. The zero-order chi connectivity index (χ0) is 15.9. The van der Waals surface area contributed by atoms with Crippen LogP contribution >= 0.6 is 0 Å². The topological polar surface area (TPSA) is 92.4 Å². The number of hydrogen-bond donors (Lipinski definition) is 2. The Morgan fingerprint density at radius 2 is 2.05 bits per heavy atom.